The fourth-order valence-corrected chi connectivity index (χ4v) is 3.71. The normalized spacial score (nSPS) is 14.9. The molecule has 0 atom stereocenters. The van der Waals surface area contributed by atoms with E-state index >= 15 is 0 Å². The average Bonchev–Trinajstić information content (AvgIpc) is 3.02. The predicted octanol–water partition coefficient (Wildman–Crippen LogP) is 4.31. The Bertz CT molecular complexity index is 995. The van der Waals surface area contributed by atoms with Gasteiger partial charge < -0.3 is 10.2 Å². The van der Waals surface area contributed by atoms with Crippen molar-refractivity contribution in [1.29, 1.82) is 0 Å². The van der Waals surface area contributed by atoms with Gasteiger partial charge in [-0.1, -0.05) is 42.5 Å². The lowest BCUT2D eigenvalue weighted by atomic mass is 10.2. The Balaban J connectivity index is 1.45. The topological polar surface area (TPSA) is 48.5 Å². The molecule has 2 heterocycles. The van der Waals surface area contributed by atoms with Crippen molar-refractivity contribution in [2.24, 2.45) is 0 Å². The van der Waals surface area contributed by atoms with Crippen LogP contribution in [0, 0.1) is 5.82 Å². The summed E-state index contributed by atoms with van der Waals surface area (Å²) in [5.74, 6) is -0.0885. The van der Waals surface area contributed by atoms with Gasteiger partial charge in [0.2, 0.25) is 0 Å². The molecule has 4 rings (SSSR count). The number of carbonyl (C=O) groups excluding carboxylic acids is 1. The quantitative estimate of drug-likeness (QED) is 0.688. The van der Waals surface area contributed by atoms with Crippen molar-refractivity contribution >= 4 is 17.4 Å². The van der Waals surface area contributed by atoms with Crippen molar-refractivity contribution in [2.75, 3.05) is 31.5 Å². The molecule has 1 N–H and O–H groups in total. The molecule has 1 aliphatic rings. The van der Waals surface area contributed by atoms with Crippen molar-refractivity contribution in [3.63, 3.8) is 0 Å². The zero-order valence-corrected chi connectivity index (χ0v) is 16.8. The highest BCUT2D eigenvalue weighted by Crippen LogP contribution is 2.22. The van der Waals surface area contributed by atoms with Crippen LogP contribution in [0.3, 0.4) is 0 Å². The highest BCUT2D eigenvalue weighted by Gasteiger charge is 2.23. The highest BCUT2D eigenvalue weighted by atomic mass is 19.1. The van der Waals surface area contributed by atoms with Gasteiger partial charge in [-0.15, -0.1) is 0 Å². The molecule has 154 valence electrons. The number of benzene rings is 2. The molecule has 6 heteroatoms. The lowest BCUT2D eigenvalue weighted by Gasteiger charge is -2.23. The SMILES string of the molecule is O=C(c1cccnc1Nc1ccccc1F)N1CCCN(Cc2ccccc2)CC1. The first-order valence-corrected chi connectivity index (χ1v) is 10.2. The van der Waals surface area contributed by atoms with Crippen LogP contribution >= 0.6 is 0 Å². The lowest BCUT2D eigenvalue weighted by Crippen LogP contribution is -2.35. The van der Waals surface area contributed by atoms with E-state index in [9.17, 15) is 9.18 Å². The molecule has 5 nitrogen and oxygen atoms in total. The van der Waals surface area contributed by atoms with Crippen LogP contribution in [-0.2, 0) is 6.54 Å². The molecule has 1 fully saturated rings. The molecule has 1 saturated heterocycles. The van der Waals surface area contributed by atoms with Gasteiger partial charge in [-0.25, -0.2) is 9.37 Å². The molecule has 1 amide bonds. The van der Waals surface area contributed by atoms with Crippen LogP contribution in [0.5, 0.6) is 0 Å². The van der Waals surface area contributed by atoms with Crippen LogP contribution in [-0.4, -0.2) is 46.9 Å². The van der Waals surface area contributed by atoms with Crippen LogP contribution in [0.2, 0.25) is 0 Å². The number of para-hydroxylation sites is 1. The second kappa shape index (κ2) is 9.50. The van der Waals surface area contributed by atoms with Crippen LogP contribution < -0.4 is 5.32 Å². The number of nitrogens with zero attached hydrogens (tertiary/aromatic N) is 3. The van der Waals surface area contributed by atoms with Gasteiger partial charge in [0.15, 0.2) is 0 Å². The molecule has 1 aromatic heterocycles. The summed E-state index contributed by atoms with van der Waals surface area (Å²) in [6.45, 7) is 4.00. The summed E-state index contributed by atoms with van der Waals surface area (Å²) >= 11 is 0. The minimum Gasteiger partial charge on any atom is -0.337 e. The van der Waals surface area contributed by atoms with E-state index < -0.39 is 0 Å². The first kappa shape index (κ1) is 20.0. The van der Waals surface area contributed by atoms with E-state index in [-0.39, 0.29) is 11.7 Å². The fraction of sp³-hybridized carbons (Fsp3) is 0.250. The number of hydrogen-bond donors (Lipinski definition) is 1. The number of aromatic nitrogens is 1. The summed E-state index contributed by atoms with van der Waals surface area (Å²) in [5, 5.41) is 2.97. The maximum absolute atomic E-state index is 14.0. The van der Waals surface area contributed by atoms with Gasteiger partial charge in [-0.05, 0) is 36.2 Å². The second-order valence-corrected chi connectivity index (χ2v) is 7.41. The molecule has 3 aromatic rings. The molecule has 0 bridgehead atoms. The monoisotopic (exact) mass is 404 g/mol. The largest absolute Gasteiger partial charge is 0.337 e. The number of nitrogens with one attached hydrogen (secondary N) is 1. The third-order valence-electron chi connectivity index (χ3n) is 5.29. The molecule has 0 spiro atoms. The van der Waals surface area contributed by atoms with Crippen molar-refractivity contribution in [1.82, 2.24) is 14.8 Å². The van der Waals surface area contributed by atoms with Crippen molar-refractivity contribution < 1.29 is 9.18 Å². The van der Waals surface area contributed by atoms with Gasteiger partial charge in [-0.3, -0.25) is 9.69 Å². The smallest absolute Gasteiger partial charge is 0.257 e. The molecule has 1 aliphatic heterocycles. The summed E-state index contributed by atoms with van der Waals surface area (Å²) < 4.78 is 14.0. The van der Waals surface area contributed by atoms with Gasteiger partial charge in [0.05, 0.1) is 11.3 Å². The number of amides is 1. The van der Waals surface area contributed by atoms with Crippen LogP contribution in [0.4, 0.5) is 15.9 Å². The highest BCUT2D eigenvalue weighted by molar-refractivity contribution is 5.99. The Kier molecular flexibility index (Phi) is 6.35. The number of pyridine rings is 1. The molecule has 30 heavy (non-hydrogen) atoms. The van der Waals surface area contributed by atoms with E-state index in [1.165, 1.54) is 11.6 Å². The van der Waals surface area contributed by atoms with Gasteiger partial charge in [0.25, 0.3) is 5.91 Å². The Morgan fingerprint density at radius 1 is 0.933 bits per heavy atom. The van der Waals surface area contributed by atoms with Crippen LogP contribution in [0.25, 0.3) is 0 Å². The number of rotatable bonds is 5. The van der Waals surface area contributed by atoms with Crippen molar-refractivity contribution in [2.45, 2.75) is 13.0 Å². The maximum atomic E-state index is 14.0. The first-order valence-electron chi connectivity index (χ1n) is 10.2. The number of carbonyl (C=O) groups is 1. The standard InChI is InChI=1S/C24H25FN4O/c25-21-11-4-5-12-22(21)27-23-20(10-6-13-26-23)24(30)29-15-7-14-28(16-17-29)18-19-8-2-1-3-9-19/h1-6,8-13H,7,14-18H2,(H,26,27). The molecule has 0 aliphatic carbocycles. The Morgan fingerprint density at radius 3 is 2.57 bits per heavy atom. The Morgan fingerprint density at radius 2 is 1.73 bits per heavy atom. The van der Waals surface area contributed by atoms with E-state index in [1.807, 2.05) is 11.0 Å². The number of anilines is 2. The molecular weight excluding hydrogens is 379 g/mol. The second-order valence-electron chi connectivity index (χ2n) is 7.41. The van der Waals surface area contributed by atoms with Gasteiger partial charge >= 0.3 is 0 Å². The van der Waals surface area contributed by atoms with E-state index in [2.05, 4.69) is 39.5 Å². The lowest BCUT2D eigenvalue weighted by molar-refractivity contribution is 0.0762. The van der Waals surface area contributed by atoms with Gasteiger partial charge in [0.1, 0.15) is 11.6 Å². The summed E-state index contributed by atoms with van der Waals surface area (Å²) in [7, 11) is 0. The third-order valence-corrected chi connectivity index (χ3v) is 5.29. The molecule has 0 radical (unpaired) electrons. The fourth-order valence-electron chi connectivity index (χ4n) is 3.71. The zero-order chi connectivity index (χ0) is 20.8. The van der Waals surface area contributed by atoms with Gasteiger partial charge in [-0.2, -0.15) is 0 Å². The van der Waals surface area contributed by atoms with E-state index in [0.717, 1.165) is 26.1 Å². The van der Waals surface area contributed by atoms with Gasteiger partial charge in [0, 0.05) is 38.9 Å². The summed E-state index contributed by atoms with van der Waals surface area (Å²) in [6, 6.07) is 20.2. The first-order chi connectivity index (χ1) is 14.7. The van der Waals surface area contributed by atoms with E-state index in [1.54, 1.807) is 36.5 Å². The zero-order valence-electron chi connectivity index (χ0n) is 16.8. The molecule has 0 unspecified atom stereocenters. The van der Waals surface area contributed by atoms with Crippen molar-refractivity contribution in [3.8, 4) is 0 Å². The summed E-state index contributed by atoms with van der Waals surface area (Å²) in [6.07, 6.45) is 2.51. The molecule has 0 saturated carbocycles. The Hall–Kier alpha value is -3.25. The minimum atomic E-state index is -0.382. The number of hydrogen-bond acceptors (Lipinski definition) is 4. The van der Waals surface area contributed by atoms with E-state index in [0.29, 0.717) is 30.2 Å². The van der Waals surface area contributed by atoms with Crippen LogP contribution in [0.15, 0.2) is 72.9 Å². The molecular formula is C24H25FN4O. The average molecular weight is 404 g/mol. The van der Waals surface area contributed by atoms with Crippen LogP contribution in [0.1, 0.15) is 22.3 Å². The summed E-state index contributed by atoms with van der Waals surface area (Å²) in [5.41, 5.74) is 2.04. The number of halogens is 1. The maximum Gasteiger partial charge on any atom is 0.257 e. The summed E-state index contributed by atoms with van der Waals surface area (Å²) in [4.78, 5) is 21.8. The minimum absolute atomic E-state index is 0.0801. The molecule has 2 aromatic carbocycles. The predicted molar refractivity (Wildman–Crippen MR) is 116 cm³/mol. The Labute approximate surface area is 176 Å². The van der Waals surface area contributed by atoms with Crippen molar-refractivity contribution in [3.05, 3.63) is 89.9 Å². The third kappa shape index (κ3) is 4.83. The van der Waals surface area contributed by atoms with E-state index in [4.69, 9.17) is 0 Å².